The van der Waals surface area contributed by atoms with Crippen LogP contribution in [-0.2, 0) is 14.3 Å². The van der Waals surface area contributed by atoms with Crippen molar-refractivity contribution in [3.63, 3.8) is 0 Å². The first-order chi connectivity index (χ1) is 11.5. The van der Waals surface area contributed by atoms with Crippen LogP contribution in [0.5, 0.6) is 0 Å². The summed E-state index contributed by atoms with van der Waals surface area (Å²) in [6, 6.07) is 16.0. The number of carbonyl (C=O) groups excluding carboxylic acids is 3. The van der Waals surface area contributed by atoms with Crippen LogP contribution >= 0.6 is 0 Å². The summed E-state index contributed by atoms with van der Waals surface area (Å²) in [7, 11) is 0. The van der Waals surface area contributed by atoms with Gasteiger partial charge in [-0.05, 0) is 25.0 Å². The molecule has 4 nitrogen and oxygen atoms in total. The molecule has 24 heavy (non-hydrogen) atoms. The van der Waals surface area contributed by atoms with Gasteiger partial charge in [0.1, 0.15) is 0 Å². The minimum Gasteiger partial charge on any atom is -0.460 e. The molecular formula is C20H20O4. The van der Waals surface area contributed by atoms with Crippen LogP contribution in [-0.4, -0.2) is 24.1 Å². The van der Waals surface area contributed by atoms with Gasteiger partial charge in [0.05, 0.1) is 12.5 Å². The maximum Gasteiger partial charge on any atom is 0.375 e. The maximum atomic E-state index is 12.5. The molecule has 0 aliphatic heterocycles. The zero-order valence-electron chi connectivity index (χ0n) is 13.8. The molecule has 0 heterocycles. The molecule has 0 bridgehead atoms. The Hall–Kier alpha value is -2.75. The molecule has 0 aromatic heterocycles. The average Bonchev–Trinajstić information content (AvgIpc) is 2.60. The fraction of sp³-hybridized carbons (Fsp3) is 0.250. The molecule has 2 aromatic rings. The second-order valence-corrected chi connectivity index (χ2v) is 5.49. The Bertz CT molecular complexity index is 734. The smallest absolute Gasteiger partial charge is 0.375 e. The van der Waals surface area contributed by atoms with E-state index in [0.717, 1.165) is 5.56 Å². The molecule has 2 rings (SSSR count). The fourth-order valence-corrected chi connectivity index (χ4v) is 2.59. The molecule has 0 saturated carbocycles. The molecule has 0 saturated heterocycles. The van der Waals surface area contributed by atoms with E-state index in [-0.39, 0.29) is 18.8 Å². The van der Waals surface area contributed by atoms with E-state index in [1.807, 2.05) is 25.1 Å². The van der Waals surface area contributed by atoms with E-state index in [2.05, 4.69) is 0 Å². The Labute approximate surface area is 141 Å². The van der Waals surface area contributed by atoms with Crippen molar-refractivity contribution in [3.8, 4) is 0 Å². The highest BCUT2D eigenvalue weighted by molar-refractivity contribution is 6.36. The van der Waals surface area contributed by atoms with E-state index in [1.165, 1.54) is 0 Å². The quantitative estimate of drug-likeness (QED) is 0.444. The summed E-state index contributed by atoms with van der Waals surface area (Å²) in [5.74, 6) is -2.60. The van der Waals surface area contributed by atoms with Crippen molar-refractivity contribution in [2.24, 2.45) is 0 Å². The fourth-order valence-electron chi connectivity index (χ4n) is 2.59. The number of benzene rings is 2. The molecular weight excluding hydrogens is 304 g/mol. The van der Waals surface area contributed by atoms with Crippen molar-refractivity contribution in [1.82, 2.24) is 0 Å². The van der Waals surface area contributed by atoms with E-state index in [1.54, 1.807) is 43.3 Å². The lowest BCUT2D eigenvalue weighted by atomic mass is 9.86. The van der Waals surface area contributed by atoms with E-state index < -0.39 is 17.7 Å². The molecule has 0 spiro atoms. The lowest BCUT2D eigenvalue weighted by Gasteiger charge is -2.17. The Morgan fingerprint density at radius 3 is 2.21 bits per heavy atom. The Morgan fingerprint density at radius 2 is 1.58 bits per heavy atom. The van der Waals surface area contributed by atoms with Gasteiger partial charge in [0.2, 0.25) is 5.78 Å². The largest absolute Gasteiger partial charge is 0.460 e. The zero-order valence-corrected chi connectivity index (χ0v) is 13.8. The standard InChI is InChI=1S/C20H20O4/c1-3-24-20(23)19(22)17(16-12-8-7-9-14(16)2)13-18(21)15-10-5-4-6-11-15/h4-12,17H,3,13H2,1-2H3. The first-order valence-corrected chi connectivity index (χ1v) is 7.89. The minimum absolute atomic E-state index is 0.0630. The number of carbonyl (C=O) groups is 3. The number of hydrogen-bond acceptors (Lipinski definition) is 4. The second kappa shape index (κ2) is 8.20. The van der Waals surface area contributed by atoms with Crippen LogP contribution in [0.2, 0.25) is 0 Å². The van der Waals surface area contributed by atoms with Crippen LogP contribution < -0.4 is 0 Å². The summed E-state index contributed by atoms with van der Waals surface area (Å²) in [5.41, 5.74) is 2.06. The number of aryl methyl sites for hydroxylation is 1. The van der Waals surface area contributed by atoms with E-state index in [4.69, 9.17) is 4.74 Å². The predicted molar refractivity (Wildman–Crippen MR) is 90.9 cm³/mol. The zero-order chi connectivity index (χ0) is 17.5. The molecule has 0 N–H and O–H groups in total. The third-order valence-corrected chi connectivity index (χ3v) is 3.84. The summed E-state index contributed by atoms with van der Waals surface area (Å²) >= 11 is 0. The summed E-state index contributed by atoms with van der Waals surface area (Å²) in [5, 5.41) is 0. The van der Waals surface area contributed by atoms with Crippen LogP contribution in [0, 0.1) is 6.92 Å². The summed E-state index contributed by atoms with van der Waals surface area (Å²) in [6.07, 6.45) is -0.0630. The number of rotatable bonds is 7. The Kier molecular flexibility index (Phi) is 6.01. The molecule has 2 aromatic carbocycles. The van der Waals surface area contributed by atoms with Crippen molar-refractivity contribution in [3.05, 3.63) is 71.3 Å². The molecule has 0 aliphatic rings. The molecule has 4 heteroatoms. The maximum absolute atomic E-state index is 12.5. The lowest BCUT2D eigenvalue weighted by molar-refractivity contribution is -0.154. The molecule has 124 valence electrons. The highest BCUT2D eigenvalue weighted by atomic mass is 16.5. The highest BCUT2D eigenvalue weighted by Crippen LogP contribution is 2.26. The van der Waals surface area contributed by atoms with Crippen LogP contribution in [0.3, 0.4) is 0 Å². The van der Waals surface area contributed by atoms with Gasteiger partial charge in [0, 0.05) is 12.0 Å². The summed E-state index contributed by atoms with van der Waals surface area (Å²) in [4.78, 5) is 37.0. The minimum atomic E-state index is -0.897. The van der Waals surface area contributed by atoms with Crippen molar-refractivity contribution in [2.75, 3.05) is 6.61 Å². The summed E-state index contributed by atoms with van der Waals surface area (Å²) < 4.78 is 4.83. The number of ketones is 2. The van der Waals surface area contributed by atoms with Crippen LogP contribution in [0.25, 0.3) is 0 Å². The molecule has 0 amide bonds. The average molecular weight is 324 g/mol. The van der Waals surface area contributed by atoms with E-state index in [9.17, 15) is 14.4 Å². The van der Waals surface area contributed by atoms with Crippen molar-refractivity contribution in [1.29, 1.82) is 0 Å². The van der Waals surface area contributed by atoms with Gasteiger partial charge in [0.25, 0.3) is 0 Å². The van der Waals surface area contributed by atoms with Crippen LogP contribution in [0.4, 0.5) is 0 Å². The van der Waals surface area contributed by atoms with Crippen molar-refractivity contribution in [2.45, 2.75) is 26.2 Å². The normalized spacial score (nSPS) is 11.6. The molecule has 0 aliphatic carbocycles. The van der Waals surface area contributed by atoms with Gasteiger partial charge in [0.15, 0.2) is 5.78 Å². The third-order valence-electron chi connectivity index (χ3n) is 3.84. The monoisotopic (exact) mass is 324 g/mol. The van der Waals surface area contributed by atoms with Gasteiger partial charge in [-0.25, -0.2) is 4.79 Å². The summed E-state index contributed by atoms with van der Waals surface area (Å²) in [6.45, 7) is 3.62. The molecule has 0 fully saturated rings. The molecule has 1 atom stereocenters. The highest BCUT2D eigenvalue weighted by Gasteiger charge is 2.31. The van der Waals surface area contributed by atoms with Crippen LogP contribution in [0.1, 0.15) is 40.7 Å². The molecule has 0 radical (unpaired) electrons. The lowest BCUT2D eigenvalue weighted by Crippen LogP contribution is -2.27. The van der Waals surface area contributed by atoms with E-state index in [0.29, 0.717) is 11.1 Å². The Balaban J connectivity index is 2.33. The number of esters is 1. The van der Waals surface area contributed by atoms with Gasteiger partial charge < -0.3 is 4.74 Å². The van der Waals surface area contributed by atoms with Gasteiger partial charge in [-0.1, -0.05) is 54.6 Å². The van der Waals surface area contributed by atoms with Gasteiger partial charge >= 0.3 is 5.97 Å². The number of ether oxygens (including phenoxy) is 1. The van der Waals surface area contributed by atoms with E-state index >= 15 is 0 Å². The third kappa shape index (κ3) is 4.16. The van der Waals surface area contributed by atoms with Crippen molar-refractivity contribution >= 4 is 17.5 Å². The van der Waals surface area contributed by atoms with Gasteiger partial charge in [-0.15, -0.1) is 0 Å². The number of hydrogen-bond donors (Lipinski definition) is 0. The van der Waals surface area contributed by atoms with Gasteiger partial charge in [-0.3, -0.25) is 9.59 Å². The topological polar surface area (TPSA) is 60.4 Å². The first kappa shape index (κ1) is 17.6. The second-order valence-electron chi connectivity index (χ2n) is 5.49. The predicted octanol–water partition coefficient (Wildman–Crippen LogP) is 3.48. The Morgan fingerprint density at radius 1 is 0.958 bits per heavy atom. The first-order valence-electron chi connectivity index (χ1n) is 7.89. The van der Waals surface area contributed by atoms with Crippen LogP contribution in [0.15, 0.2) is 54.6 Å². The SMILES string of the molecule is CCOC(=O)C(=O)C(CC(=O)c1ccccc1)c1ccccc1C. The molecule has 1 unspecified atom stereocenters. The van der Waals surface area contributed by atoms with Crippen molar-refractivity contribution < 1.29 is 19.1 Å². The van der Waals surface area contributed by atoms with Gasteiger partial charge in [-0.2, -0.15) is 0 Å². The number of Topliss-reactive ketones (excluding diaryl/α,β-unsaturated/α-hetero) is 2.